The Labute approximate surface area is 195 Å². The fourth-order valence-electron chi connectivity index (χ4n) is 5.03. The number of ether oxygens (including phenoxy) is 1. The van der Waals surface area contributed by atoms with Crippen LogP contribution in [-0.2, 0) is 6.54 Å². The van der Waals surface area contributed by atoms with Gasteiger partial charge >= 0.3 is 0 Å². The molecule has 6 nitrogen and oxygen atoms in total. The number of hydrogen-bond acceptors (Lipinski definition) is 5. The van der Waals surface area contributed by atoms with Crippen LogP contribution in [0.2, 0.25) is 0 Å². The summed E-state index contributed by atoms with van der Waals surface area (Å²) in [6.07, 6.45) is 5.76. The lowest BCUT2D eigenvalue weighted by atomic mass is 9.99. The number of nitrogens with zero attached hydrogens (tertiary/aromatic N) is 3. The van der Waals surface area contributed by atoms with Crippen molar-refractivity contribution in [3.63, 3.8) is 0 Å². The Morgan fingerprint density at radius 1 is 1.00 bits per heavy atom. The van der Waals surface area contributed by atoms with Gasteiger partial charge in [-0.2, -0.15) is 0 Å². The zero-order chi connectivity index (χ0) is 22.8. The number of hydrogen-bond donors (Lipinski definition) is 1. The van der Waals surface area contributed by atoms with E-state index in [1.165, 1.54) is 5.56 Å². The van der Waals surface area contributed by atoms with Crippen LogP contribution in [0.4, 0.5) is 11.4 Å². The largest absolute Gasteiger partial charge is 0.472 e. The van der Waals surface area contributed by atoms with Crippen molar-refractivity contribution in [3.8, 4) is 11.5 Å². The molecule has 0 aliphatic carbocycles. The first-order chi connectivity index (χ1) is 16.2. The quantitative estimate of drug-likeness (QED) is 0.381. The lowest BCUT2D eigenvalue weighted by Crippen LogP contribution is -2.43. The molecule has 172 valence electrons. The van der Waals surface area contributed by atoms with Gasteiger partial charge < -0.3 is 19.0 Å². The zero-order valence-electron chi connectivity index (χ0n) is 19.5. The number of para-hydroxylation sites is 2. The highest BCUT2D eigenvalue weighted by molar-refractivity contribution is 5.98. The minimum Gasteiger partial charge on any atom is -0.472 e. The van der Waals surface area contributed by atoms with E-state index in [0.29, 0.717) is 11.9 Å². The summed E-state index contributed by atoms with van der Waals surface area (Å²) in [5.74, 6) is 2.27. The first kappa shape index (κ1) is 21.6. The molecule has 3 aromatic rings. The van der Waals surface area contributed by atoms with E-state index in [9.17, 15) is 0 Å². The van der Waals surface area contributed by atoms with Gasteiger partial charge in [0.25, 0.3) is 0 Å². The van der Waals surface area contributed by atoms with Crippen LogP contribution < -0.4 is 9.64 Å². The third-order valence-corrected chi connectivity index (χ3v) is 6.83. The molecule has 1 fully saturated rings. The van der Waals surface area contributed by atoms with Crippen LogP contribution >= 0.6 is 0 Å². The number of likely N-dealkylation sites (tertiary alicyclic amines) is 1. The standard InChI is InChI=1S/C27H32N4O2/c1-3-30(4-2)27(28)21-9-10-24-26(17-21)33-25-8-6-5-7-23(25)31(24)22-11-14-29(15-12-22)18-20-13-16-32-19-20/h5-10,13,16-17,19,22,28H,3-4,11-12,14-15,18H2,1-2H3. The van der Waals surface area contributed by atoms with E-state index in [1.807, 2.05) is 30.5 Å². The molecular formula is C27H32N4O2. The van der Waals surface area contributed by atoms with Crippen LogP contribution in [-0.4, -0.2) is 47.9 Å². The van der Waals surface area contributed by atoms with Gasteiger partial charge in [-0.3, -0.25) is 10.3 Å². The molecule has 0 atom stereocenters. The molecule has 2 aliphatic heterocycles. The molecule has 0 saturated carbocycles. The smallest absolute Gasteiger partial charge is 0.151 e. The van der Waals surface area contributed by atoms with Gasteiger partial charge in [0.2, 0.25) is 0 Å². The van der Waals surface area contributed by atoms with Crippen molar-refractivity contribution >= 4 is 17.2 Å². The molecule has 0 radical (unpaired) electrons. The number of amidine groups is 1. The lowest BCUT2D eigenvalue weighted by molar-refractivity contribution is 0.204. The Hall–Kier alpha value is -3.25. The summed E-state index contributed by atoms with van der Waals surface area (Å²) in [6, 6.07) is 17.0. The summed E-state index contributed by atoms with van der Waals surface area (Å²) in [7, 11) is 0. The maximum atomic E-state index is 8.64. The van der Waals surface area contributed by atoms with Crippen LogP contribution in [0, 0.1) is 5.41 Å². The third-order valence-electron chi connectivity index (χ3n) is 6.83. The van der Waals surface area contributed by atoms with Crippen LogP contribution in [0.25, 0.3) is 0 Å². The highest BCUT2D eigenvalue weighted by atomic mass is 16.5. The molecule has 1 aromatic heterocycles. The molecule has 0 bridgehead atoms. The molecule has 1 N–H and O–H groups in total. The number of nitrogens with one attached hydrogen (secondary N) is 1. The van der Waals surface area contributed by atoms with Crippen molar-refractivity contribution in [2.45, 2.75) is 39.3 Å². The maximum Gasteiger partial charge on any atom is 0.151 e. The highest BCUT2D eigenvalue weighted by Crippen LogP contribution is 2.49. The number of rotatable bonds is 6. The average Bonchev–Trinajstić information content (AvgIpc) is 3.36. The van der Waals surface area contributed by atoms with Crippen molar-refractivity contribution in [2.24, 2.45) is 0 Å². The molecule has 0 amide bonds. The van der Waals surface area contributed by atoms with Gasteiger partial charge in [0.15, 0.2) is 11.5 Å². The van der Waals surface area contributed by atoms with Crippen molar-refractivity contribution in [1.29, 1.82) is 5.41 Å². The van der Waals surface area contributed by atoms with Crippen molar-refractivity contribution in [3.05, 3.63) is 72.2 Å². The molecule has 5 rings (SSSR count). The molecule has 3 heterocycles. The highest BCUT2D eigenvalue weighted by Gasteiger charge is 2.32. The Kier molecular flexibility index (Phi) is 6.09. The Morgan fingerprint density at radius 3 is 2.48 bits per heavy atom. The van der Waals surface area contributed by atoms with Crippen LogP contribution in [0.1, 0.15) is 37.8 Å². The Balaban J connectivity index is 1.41. The van der Waals surface area contributed by atoms with Gasteiger partial charge in [-0.1, -0.05) is 12.1 Å². The van der Waals surface area contributed by atoms with Crippen LogP contribution in [0.15, 0.2) is 65.5 Å². The number of furan rings is 1. The van der Waals surface area contributed by atoms with Gasteiger partial charge in [0.1, 0.15) is 5.84 Å². The van der Waals surface area contributed by atoms with Gasteiger partial charge in [0, 0.05) is 49.9 Å². The van der Waals surface area contributed by atoms with Crippen molar-refractivity contribution in [1.82, 2.24) is 9.80 Å². The zero-order valence-corrected chi connectivity index (χ0v) is 19.5. The first-order valence-corrected chi connectivity index (χ1v) is 12.0. The van der Waals surface area contributed by atoms with E-state index in [1.54, 1.807) is 6.26 Å². The summed E-state index contributed by atoms with van der Waals surface area (Å²) in [5.41, 5.74) is 4.35. The average molecular weight is 445 g/mol. The summed E-state index contributed by atoms with van der Waals surface area (Å²) >= 11 is 0. The first-order valence-electron chi connectivity index (χ1n) is 12.0. The van der Waals surface area contributed by atoms with E-state index >= 15 is 0 Å². The molecule has 6 heteroatoms. The SMILES string of the molecule is CCN(CC)C(=N)c1ccc2c(c1)Oc1ccccc1N2C1CCN(Cc2ccoc2)CC1. The molecular weight excluding hydrogens is 412 g/mol. The van der Waals surface area contributed by atoms with Crippen molar-refractivity contribution in [2.75, 3.05) is 31.1 Å². The van der Waals surface area contributed by atoms with Crippen LogP contribution in [0.3, 0.4) is 0 Å². The second kappa shape index (κ2) is 9.32. The molecule has 1 saturated heterocycles. The topological polar surface area (TPSA) is 55.9 Å². The fourth-order valence-corrected chi connectivity index (χ4v) is 5.03. The predicted octanol–water partition coefficient (Wildman–Crippen LogP) is 5.86. The second-order valence-corrected chi connectivity index (χ2v) is 8.78. The summed E-state index contributed by atoms with van der Waals surface area (Å²) in [6.45, 7) is 8.86. The fraction of sp³-hybridized carbons (Fsp3) is 0.370. The van der Waals surface area contributed by atoms with E-state index in [0.717, 1.165) is 74.0 Å². The Morgan fingerprint density at radius 2 is 1.76 bits per heavy atom. The van der Waals surface area contributed by atoms with Crippen LogP contribution in [0.5, 0.6) is 11.5 Å². The Bertz CT molecular complexity index is 1100. The van der Waals surface area contributed by atoms with Gasteiger partial charge in [-0.25, -0.2) is 0 Å². The van der Waals surface area contributed by atoms with Gasteiger partial charge in [-0.15, -0.1) is 0 Å². The molecule has 0 unspecified atom stereocenters. The predicted molar refractivity (Wildman–Crippen MR) is 132 cm³/mol. The maximum absolute atomic E-state index is 8.64. The molecule has 2 aliphatic rings. The minimum atomic E-state index is 0.405. The van der Waals surface area contributed by atoms with Crippen molar-refractivity contribution < 1.29 is 9.15 Å². The second-order valence-electron chi connectivity index (χ2n) is 8.78. The number of anilines is 2. The monoisotopic (exact) mass is 444 g/mol. The van der Waals surface area contributed by atoms with E-state index in [2.05, 4.69) is 52.8 Å². The summed E-state index contributed by atoms with van der Waals surface area (Å²) in [4.78, 5) is 7.03. The molecule has 0 spiro atoms. The van der Waals surface area contributed by atoms with E-state index in [-0.39, 0.29) is 0 Å². The number of piperidine rings is 1. The van der Waals surface area contributed by atoms with Gasteiger partial charge in [0.05, 0.1) is 23.9 Å². The summed E-state index contributed by atoms with van der Waals surface area (Å²) < 4.78 is 11.6. The molecule has 2 aromatic carbocycles. The molecule has 33 heavy (non-hydrogen) atoms. The normalized spacial score (nSPS) is 16.1. The van der Waals surface area contributed by atoms with E-state index < -0.39 is 0 Å². The number of fused-ring (bicyclic) bond motifs is 2. The minimum absolute atomic E-state index is 0.405. The number of benzene rings is 2. The lowest BCUT2D eigenvalue weighted by Gasteiger charge is -2.42. The third kappa shape index (κ3) is 4.23. The van der Waals surface area contributed by atoms with E-state index in [4.69, 9.17) is 14.6 Å². The summed E-state index contributed by atoms with van der Waals surface area (Å²) in [5, 5.41) is 8.64. The van der Waals surface area contributed by atoms with Gasteiger partial charge in [-0.05, 0) is 63.1 Å².